The SMILES string of the molecule is CCC[CH2][Sn]([CH2]CCC)([CH2]CCC)[C@H]1O[C@@H]([C@H](C)OC)C[C@@H]1C. The quantitative estimate of drug-likeness (QED) is 0.341. The van der Waals surface area contributed by atoms with E-state index >= 15 is 0 Å². The van der Waals surface area contributed by atoms with Crippen LogP contribution in [-0.4, -0.2) is 41.8 Å². The third kappa shape index (κ3) is 6.18. The van der Waals surface area contributed by atoms with E-state index in [9.17, 15) is 0 Å². The molecule has 3 heteroatoms. The minimum atomic E-state index is -2.27. The molecule has 1 fully saturated rings. The average Bonchev–Trinajstić information content (AvgIpc) is 2.96. The molecule has 2 nitrogen and oxygen atoms in total. The van der Waals surface area contributed by atoms with E-state index in [4.69, 9.17) is 9.47 Å². The Bertz CT molecular complexity index is 286. The fraction of sp³-hybridized carbons (Fsp3) is 1.00. The van der Waals surface area contributed by atoms with E-state index in [0.29, 0.717) is 10.2 Å². The van der Waals surface area contributed by atoms with Crippen LogP contribution in [0.5, 0.6) is 0 Å². The summed E-state index contributed by atoms with van der Waals surface area (Å²) >= 11 is -2.27. The van der Waals surface area contributed by atoms with Crippen LogP contribution in [0.4, 0.5) is 0 Å². The summed E-state index contributed by atoms with van der Waals surface area (Å²) in [7, 11) is 1.83. The molecule has 1 rings (SSSR count). The molecule has 4 atom stereocenters. The summed E-state index contributed by atoms with van der Waals surface area (Å²) in [6, 6.07) is 0. The fourth-order valence-electron chi connectivity index (χ4n) is 4.46. The first-order valence-corrected chi connectivity index (χ1v) is 17.9. The van der Waals surface area contributed by atoms with E-state index < -0.39 is 18.4 Å². The van der Waals surface area contributed by atoms with Crippen molar-refractivity contribution in [3.05, 3.63) is 0 Å². The second kappa shape index (κ2) is 11.4. The predicted octanol–water partition coefficient (Wildman–Crippen LogP) is 6.20. The molecule has 0 saturated carbocycles. The molecular weight excluding hydrogens is 391 g/mol. The molecule has 0 N–H and O–H groups in total. The van der Waals surface area contributed by atoms with Crippen LogP contribution in [0.2, 0.25) is 13.3 Å². The number of ether oxygens (including phenoxy) is 2. The number of rotatable bonds is 12. The summed E-state index contributed by atoms with van der Waals surface area (Å²) in [5.74, 6) is 0.749. The summed E-state index contributed by atoms with van der Waals surface area (Å²) in [6.45, 7) is 11.7. The molecule has 0 aromatic carbocycles. The van der Waals surface area contributed by atoms with Gasteiger partial charge in [-0.05, 0) is 0 Å². The molecule has 1 saturated heterocycles. The normalized spacial score (nSPS) is 26.6. The third-order valence-corrected chi connectivity index (χ3v) is 23.0. The van der Waals surface area contributed by atoms with Crippen molar-refractivity contribution in [1.29, 1.82) is 0 Å². The maximum atomic E-state index is 6.75. The van der Waals surface area contributed by atoms with Gasteiger partial charge in [-0.1, -0.05) is 0 Å². The second-order valence-electron chi connectivity index (χ2n) is 7.92. The number of hydrogen-bond donors (Lipinski definition) is 0. The van der Waals surface area contributed by atoms with Gasteiger partial charge >= 0.3 is 150 Å². The predicted molar refractivity (Wildman–Crippen MR) is 104 cm³/mol. The summed E-state index contributed by atoms with van der Waals surface area (Å²) in [5.41, 5.74) is 0. The van der Waals surface area contributed by atoms with Crippen LogP contribution in [0.25, 0.3) is 0 Å². The molecular formula is C20H42O2Sn. The van der Waals surface area contributed by atoms with Crippen LogP contribution >= 0.6 is 0 Å². The monoisotopic (exact) mass is 434 g/mol. The molecule has 138 valence electrons. The van der Waals surface area contributed by atoms with Crippen molar-refractivity contribution in [2.24, 2.45) is 5.92 Å². The zero-order chi connectivity index (χ0) is 17.3. The van der Waals surface area contributed by atoms with E-state index in [1.165, 1.54) is 44.9 Å². The summed E-state index contributed by atoms with van der Waals surface area (Å²) < 4.78 is 17.6. The average molecular weight is 433 g/mol. The van der Waals surface area contributed by atoms with Gasteiger partial charge in [-0.2, -0.15) is 0 Å². The Morgan fingerprint density at radius 3 is 1.87 bits per heavy atom. The summed E-state index contributed by atoms with van der Waals surface area (Å²) in [6.07, 6.45) is 10.1. The Labute approximate surface area is 150 Å². The molecule has 23 heavy (non-hydrogen) atoms. The topological polar surface area (TPSA) is 18.5 Å². The molecule has 0 amide bonds. The van der Waals surface area contributed by atoms with Crippen molar-refractivity contribution in [2.45, 2.75) is 109 Å². The van der Waals surface area contributed by atoms with Gasteiger partial charge in [-0.15, -0.1) is 0 Å². The summed E-state index contributed by atoms with van der Waals surface area (Å²) in [5, 5.41) is 0. The van der Waals surface area contributed by atoms with Crippen LogP contribution in [0, 0.1) is 5.92 Å². The molecule has 0 aliphatic carbocycles. The fourth-order valence-corrected chi connectivity index (χ4v) is 23.2. The van der Waals surface area contributed by atoms with Crippen molar-refractivity contribution in [2.75, 3.05) is 7.11 Å². The van der Waals surface area contributed by atoms with Gasteiger partial charge in [-0.3, -0.25) is 0 Å². The van der Waals surface area contributed by atoms with Gasteiger partial charge in [0.25, 0.3) is 0 Å². The molecule has 0 aromatic rings. The summed E-state index contributed by atoms with van der Waals surface area (Å²) in [4.78, 5) is 0. The Morgan fingerprint density at radius 1 is 1.00 bits per heavy atom. The molecule has 1 heterocycles. The molecule has 0 bridgehead atoms. The van der Waals surface area contributed by atoms with Gasteiger partial charge in [0.15, 0.2) is 0 Å². The Hall–Kier alpha value is 0.719. The van der Waals surface area contributed by atoms with Crippen molar-refractivity contribution < 1.29 is 9.47 Å². The Morgan fingerprint density at radius 2 is 1.48 bits per heavy atom. The molecule has 0 spiro atoms. The molecule has 0 aromatic heterocycles. The van der Waals surface area contributed by atoms with Crippen LogP contribution in [0.1, 0.15) is 79.6 Å². The molecule has 1 aliphatic rings. The van der Waals surface area contributed by atoms with E-state index in [1.807, 2.05) is 7.11 Å². The second-order valence-corrected chi connectivity index (χ2v) is 21.6. The van der Waals surface area contributed by atoms with Gasteiger partial charge in [0.1, 0.15) is 0 Å². The first-order valence-electron chi connectivity index (χ1n) is 10.2. The van der Waals surface area contributed by atoms with Gasteiger partial charge in [0.2, 0.25) is 0 Å². The van der Waals surface area contributed by atoms with Crippen molar-refractivity contribution in [3.63, 3.8) is 0 Å². The van der Waals surface area contributed by atoms with Gasteiger partial charge < -0.3 is 0 Å². The van der Waals surface area contributed by atoms with Crippen LogP contribution < -0.4 is 0 Å². The zero-order valence-corrected chi connectivity index (χ0v) is 19.6. The molecule has 1 aliphatic heterocycles. The molecule has 0 unspecified atom stereocenters. The van der Waals surface area contributed by atoms with E-state index in [0.717, 1.165) is 5.92 Å². The van der Waals surface area contributed by atoms with Crippen LogP contribution in [-0.2, 0) is 9.47 Å². The van der Waals surface area contributed by atoms with E-state index in [1.54, 1.807) is 13.3 Å². The third-order valence-electron chi connectivity index (χ3n) is 6.03. The Balaban J connectivity index is 2.94. The van der Waals surface area contributed by atoms with Crippen molar-refractivity contribution in [1.82, 2.24) is 0 Å². The maximum absolute atomic E-state index is 6.75. The number of methoxy groups -OCH3 is 1. The van der Waals surface area contributed by atoms with Gasteiger partial charge in [0, 0.05) is 0 Å². The van der Waals surface area contributed by atoms with Gasteiger partial charge in [-0.25, -0.2) is 0 Å². The molecule has 0 radical (unpaired) electrons. The van der Waals surface area contributed by atoms with E-state index in [2.05, 4.69) is 34.6 Å². The zero-order valence-electron chi connectivity index (χ0n) is 16.7. The Kier molecular flexibility index (Phi) is 10.7. The van der Waals surface area contributed by atoms with Crippen LogP contribution in [0.3, 0.4) is 0 Å². The minimum absolute atomic E-state index is 0.245. The first-order chi connectivity index (χ1) is 11.0. The first kappa shape index (κ1) is 21.8. The van der Waals surface area contributed by atoms with Crippen molar-refractivity contribution in [3.8, 4) is 0 Å². The van der Waals surface area contributed by atoms with Crippen molar-refractivity contribution >= 4 is 18.4 Å². The standard InChI is InChI=1S/C8H15O2.3C4H9.Sn/c1-6-4-8(10-5-6)7(2)9-3;3*1-3-4-2;/h5-8H,4H2,1-3H3;3*1,3-4H2,2H3;/t6-,7-,8+;;;;/m0..../s1. The van der Waals surface area contributed by atoms with Crippen LogP contribution in [0.15, 0.2) is 0 Å². The van der Waals surface area contributed by atoms with E-state index in [-0.39, 0.29) is 6.10 Å². The van der Waals surface area contributed by atoms with Gasteiger partial charge in [0.05, 0.1) is 0 Å². The number of unbranched alkanes of at least 4 members (excludes halogenated alkanes) is 3. The number of hydrogen-bond acceptors (Lipinski definition) is 2.